The third-order valence-corrected chi connectivity index (χ3v) is 8.24. The van der Waals surface area contributed by atoms with Crippen molar-refractivity contribution in [2.24, 2.45) is 5.92 Å². The van der Waals surface area contributed by atoms with Crippen molar-refractivity contribution in [2.45, 2.75) is 12.8 Å². The van der Waals surface area contributed by atoms with E-state index in [4.69, 9.17) is 14.6 Å². The number of ether oxygens (including phenoxy) is 2. The van der Waals surface area contributed by atoms with Crippen molar-refractivity contribution in [2.75, 3.05) is 70.8 Å². The monoisotopic (exact) mass is 555 g/mol. The van der Waals surface area contributed by atoms with Crippen molar-refractivity contribution in [1.29, 1.82) is 0 Å². The molecular formula is C31H37N7O3. The van der Waals surface area contributed by atoms with Crippen LogP contribution in [0.25, 0.3) is 16.8 Å². The SMILES string of the molecule is COc1cc(N2CCC(C(=O)N3CCN(C)CC3)CC2)ccc1Nc1ncc2ccc(-c3ccccc3OC)n2n1. The Morgan fingerprint density at radius 3 is 2.41 bits per heavy atom. The molecule has 4 aromatic rings. The number of methoxy groups -OCH3 is 2. The fourth-order valence-electron chi connectivity index (χ4n) is 5.79. The van der Waals surface area contributed by atoms with Gasteiger partial charge in [-0.1, -0.05) is 12.1 Å². The summed E-state index contributed by atoms with van der Waals surface area (Å²) in [5, 5.41) is 8.10. The molecule has 0 spiro atoms. The summed E-state index contributed by atoms with van der Waals surface area (Å²) in [4.78, 5) is 24.3. The van der Waals surface area contributed by atoms with E-state index in [1.54, 1.807) is 20.4 Å². The third-order valence-electron chi connectivity index (χ3n) is 8.24. The highest BCUT2D eigenvalue weighted by Gasteiger charge is 2.30. The van der Waals surface area contributed by atoms with E-state index in [1.165, 1.54) is 0 Å². The van der Waals surface area contributed by atoms with Gasteiger partial charge in [0.05, 0.1) is 37.3 Å². The van der Waals surface area contributed by atoms with E-state index >= 15 is 0 Å². The van der Waals surface area contributed by atoms with Crippen LogP contribution in [-0.4, -0.2) is 90.8 Å². The first-order valence-corrected chi connectivity index (χ1v) is 14.2. The average Bonchev–Trinajstić information content (AvgIpc) is 3.44. The van der Waals surface area contributed by atoms with Crippen LogP contribution in [0.2, 0.25) is 0 Å². The Balaban J connectivity index is 1.15. The van der Waals surface area contributed by atoms with Crippen molar-refractivity contribution in [3.63, 3.8) is 0 Å². The summed E-state index contributed by atoms with van der Waals surface area (Å²) in [5.41, 5.74) is 4.61. The molecule has 0 radical (unpaired) electrons. The summed E-state index contributed by atoms with van der Waals surface area (Å²) in [7, 11) is 5.45. The van der Waals surface area contributed by atoms with Crippen LogP contribution in [0, 0.1) is 5.92 Å². The van der Waals surface area contributed by atoms with Crippen LogP contribution in [0.3, 0.4) is 0 Å². The number of carbonyl (C=O) groups excluding carboxylic acids is 1. The number of amides is 1. The molecule has 0 aliphatic carbocycles. The number of rotatable bonds is 7. The van der Waals surface area contributed by atoms with Gasteiger partial charge in [0.15, 0.2) is 0 Å². The van der Waals surface area contributed by atoms with Gasteiger partial charge in [0, 0.05) is 62.5 Å². The zero-order valence-electron chi connectivity index (χ0n) is 23.9. The second-order valence-corrected chi connectivity index (χ2v) is 10.7. The number of para-hydroxylation sites is 1. The number of piperazine rings is 1. The minimum atomic E-state index is 0.110. The fourth-order valence-corrected chi connectivity index (χ4v) is 5.79. The molecule has 4 heterocycles. The number of nitrogens with zero attached hydrogens (tertiary/aromatic N) is 6. The lowest BCUT2D eigenvalue weighted by Gasteiger charge is -2.38. The van der Waals surface area contributed by atoms with Crippen LogP contribution >= 0.6 is 0 Å². The smallest absolute Gasteiger partial charge is 0.245 e. The van der Waals surface area contributed by atoms with Crippen molar-refractivity contribution in [3.05, 3.63) is 60.8 Å². The van der Waals surface area contributed by atoms with Crippen LogP contribution in [0.5, 0.6) is 11.5 Å². The molecule has 2 fully saturated rings. The van der Waals surface area contributed by atoms with Crippen LogP contribution in [0.15, 0.2) is 60.8 Å². The van der Waals surface area contributed by atoms with E-state index in [-0.39, 0.29) is 5.92 Å². The maximum atomic E-state index is 13.1. The molecule has 214 valence electrons. The Bertz CT molecular complexity index is 1520. The number of hydrogen-bond acceptors (Lipinski definition) is 8. The first kappa shape index (κ1) is 26.9. The van der Waals surface area contributed by atoms with Gasteiger partial charge in [0.2, 0.25) is 11.9 Å². The van der Waals surface area contributed by atoms with Crippen LogP contribution < -0.4 is 19.7 Å². The summed E-state index contributed by atoms with van der Waals surface area (Å²) in [6, 6.07) is 18.0. The minimum absolute atomic E-state index is 0.110. The highest BCUT2D eigenvalue weighted by Crippen LogP contribution is 2.34. The largest absolute Gasteiger partial charge is 0.496 e. The van der Waals surface area contributed by atoms with E-state index in [0.717, 1.165) is 86.0 Å². The molecule has 6 rings (SSSR count). The number of fused-ring (bicyclic) bond motifs is 1. The predicted octanol–water partition coefficient (Wildman–Crippen LogP) is 4.15. The molecule has 2 aromatic heterocycles. The third kappa shape index (κ3) is 5.52. The summed E-state index contributed by atoms with van der Waals surface area (Å²) in [5.74, 6) is 2.38. The lowest BCUT2D eigenvalue weighted by atomic mass is 9.94. The highest BCUT2D eigenvalue weighted by molar-refractivity contribution is 5.79. The summed E-state index contributed by atoms with van der Waals surface area (Å²) in [6.45, 7) is 5.28. The molecule has 41 heavy (non-hydrogen) atoms. The average molecular weight is 556 g/mol. The van der Waals surface area contributed by atoms with Gasteiger partial charge in [-0.2, -0.15) is 0 Å². The molecule has 2 saturated heterocycles. The van der Waals surface area contributed by atoms with Crippen LogP contribution in [0.4, 0.5) is 17.3 Å². The van der Waals surface area contributed by atoms with E-state index in [2.05, 4.69) is 38.1 Å². The molecule has 2 aliphatic rings. The van der Waals surface area contributed by atoms with Gasteiger partial charge in [-0.15, -0.1) is 5.10 Å². The van der Waals surface area contributed by atoms with Gasteiger partial charge in [-0.3, -0.25) is 4.79 Å². The molecule has 2 aliphatic heterocycles. The maximum Gasteiger partial charge on any atom is 0.245 e. The van der Waals surface area contributed by atoms with Crippen molar-refractivity contribution in [3.8, 4) is 22.8 Å². The van der Waals surface area contributed by atoms with Crippen molar-refractivity contribution >= 4 is 28.7 Å². The molecule has 1 amide bonds. The number of benzene rings is 2. The van der Waals surface area contributed by atoms with Crippen molar-refractivity contribution < 1.29 is 14.3 Å². The van der Waals surface area contributed by atoms with Gasteiger partial charge in [-0.05, 0) is 56.3 Å². The molecule has 0 atom stereocenters. The second-order valence-electron chi connectivity index (χ2n) is 10.7. The quantitative estimate of drug-likeness (QED) is 0.364. The fraction of sp³-hybridized carbons (Fsp3) is 0.387. The Morgan fingerprint density at radius 2 is 1.66 bits per heavy atom. The second kappa shape index (κ2) is 11.7. The zero-order chi connectivity index (χ0) is 28.3. The van der Waals surface area contributed by atoms with Gasteiger partial charge in [0.25, 0.3) is 0 Å². The number of carbonyl (C=O) groups is 1. The Hall–Kier alpha value is -4.31. The first-order chi connectivity index (χ1) is 20.0. The number of hydrogen-bond donors (Lipinski definition) is 1. The Morgan fingerprint density at radius 1 is 0.902 bits per heavy atom. The lowest BCUT2D eigenvalue weighted by molar-refractivity contribution is -0.137. The molecular weight excluding hydrogens is 518 g/mol. The van der Waals surface area contributed by atoms with E-state index < -0.39 is 0 Å². The highest BCUT2D eigenvalue weighted by atomic mass is 16.5. The topological polar surface area (TPSA) is 87.5 Å². The Kier molecular flexibility index (Phi) is 7.65. The number of nitrogens with one attached hydrogen (secondary N) is 1. The summed E-state index contributed by atoms with van der Waals surface area (Å²) < 4.78 is 13.2. The van der Waals surface area contributed by atoms with E-state index in [0.29, 0.717) is 17.6 Å². The summed E-state index contributed by atoms with van der Waals surface area (Å²) in [6.07, 6.45) is 3.53. The maximum absolute atomic E-state index is 13.1. The lowest BCUT2D eigenvalue weighted by Crippen LogP contribution is -2.50. The molecule has 0 bridgehead atoms. The standard InChI is InChI=1S/C31H37N7O3/c1-35-16-18-37(19-17-35)30(39)22-12-14-36(15-13-22)23-8-10-26(29(20-23)41-3)33-31-32-21-24-9-11-27(38(24)34-31)25-6-4-5-7-28(25)40-2/h4-11,20-22H,12-19H2,1-3H3,(H,33,34). The van der Waals surface area contributed by atoms with Gasteiger partial charge in [-0.25, -0.2) is 9.50 Å². The van der Waals surface area contributed by atoms with E-state index in [9.17, 15) is 4.79 Å². The summed E-state index contributed by atoms with van der Waals surface area (Å²) >= 11 is 0. The van der Waals surface area contributed by atoms with E-state index in [1.807, 2.05) is 53.0 Å². The molecule has 2 aromatic carbocycles. The molecule has 0 saturated carbocycles. The van der Waals surface area contributed by atoms with Crippen LogP contribution in [-0.2, 0) is 4.79 Å². The van der Waals surface area contributed by atoms with Crippen molar-refractivity contribution in [1.82, 2.24) is 24.4 Å². The number of piperidine rings is 1. The van der Waals surface area contributed by atoms with Gasteiger partial charge >= 0.3 is 0 Å². The molecule has 1 N–H and O–H groups in total. The zero-order valence-corrected chi connectivity index (χ0v) is 23.9. The molecule has 10 nitrogen and oxygen atoms in total. The Labute approximate surface area is 240 Å². The predicted molar refractivity (Wildman–Crippen MR) is 160 cm³/mol. The molecule has 0 unspecified atom stereocenters. The van der Waals surface area contributed by atoms with Gasteiger partial charge in [0.1, 0.15) is 11.5 Å². The minimum Gasteiger partial charge on any atom is -0.496 e. The normalized spacial score (nSPS) is 16.7. The molecule has 10 heteroatoms. The van der Waals surface area contributed by atoms with Crippen LogP contribution in [0.1, 0.15) is 12.8 Å². The number of likely N-dealkylation sites (N-methyl/N-ethyl adjacent to an activating group) is 1. The van der Waals surface area contributed by atoms with Gasteiger partial charge < -0.3 is 29.5 Å². The number of aromatic nitrogens is 3. The number of anilines is 3. The first-order valence-electron chi connectivity index (χ1n) is 14.2.